The van der Waals surface area contributed by atoms with Crippen molar-refractivity contribution >= 4 is 0 Å². The van der Waals surface area contributed by atoms with Gasteiger partial charge < -0.3 is 0 Å². The molecule has 0 saturated carbocycles. The highest BCUT2D eigenvalue weighted by atomic mass is 14.2. The van der Waals surface area contributed by atoms with Gasteiger partial charge >= 0.3 is 0 Å². The zero-order valence-corrected chi connectivity index (χ0v) is 5.18. The molecule has 0 atom stereocenters. The lowest BCUT2D eigenvalue weighted by molar-refractivity contribution is 1.42. The molecule has 0 aliphatic carbocycles. The van der Waals surface area contributed by atoms with Crippen molar-refractivity contribution in [3.63, 3.8) is 0 Å². The van der Waals surface area contributed by atoms with E-state index in [-0.39, 0.29) is 0 Å². The average Bonchev–Trinajstić information content (AvgIpc) is 1.88. The number of hydrogen-bond donors (Lipinski definition) is 0. The lowest BCUT2D eigenvalue weighted by Gasteiger charge is -1.88. The Kier molecular flexibility index (Phi) is 1.51. The van der Waals surface area contributed by atoms with Gasteiger partial charge in [-0.2, -0.15) is 5.26 Å². The Labute approximate surface area is 54.6 Å². The van der Waals surface area contributed by atoms with Crippen LogP contribution in [0.2, 0.25) is 0 Å². The van der Waals surface area contributed by atoms with E-state index in [9.17, 15) is 0 Å². The zero-order valence-electron chi connectivity index (χ0n) is 5.18. The summed E-state index contributed by atoms with van der Waals surface area (Å²) in [5, 5.41) is 8.39. The molecule has 0 aliphatic heterocycles. The average molecular weight is 116 g/mol. The van der Waals surface area contributed by atoms with Gasteiger partial charge in [0, 0.05) is 0 Å². The highest BCUT2D eigenvalue weighted by molar-refractivity contribution is 5.31. The van der Waals surface area contributed by atoms with Gasteiger partial charge in [-0.25, -0.2) is 0 Å². The van der Waals surface area contributed by atoms with Crippen LogP contribution in [0.25, 0.3) is 0 Å². The molecule has 0 saturated heterocycles. The van der Waals surface area contributed by atoms with Gasteiger partial charge in [0.15, 0.2) is 0 Å². The predicted molar refractivity (Wildman–Crippen MR) is 34.7 cm³/mol. The van der Waals surface area contributed by atoms with E-state index in [1.807, 2.05) is 25.1 Å². The third-order valence-electron chi connectivity index (χ3n) is 1.06. The maximum Gasteiger partial charge on any atom is 0.0991 e. The molecule has 0 bridgehead atoms. The first-order valence-corrected chi connectivity index (χ1v) is 2.71. The number of rotatable bonds is 0. The van der Waals surface area contributed by atoms with Crippen LogP contribution in [0, 0.1) is 24.3 Å². The van der Waals surface area contributed by atoms with E-state index in [4.69, 9.17) is 5.26 Å². The molecule has 9 heavy (non-hydrogen) atoms. The third kappa shape index (κ3) is 1.30. The van der Waals surface area contributed by atoms with Crippen molar-refractivity contribution in [1.82, 2.24) is 0 Å². The molecule has 0 heterocycles. The van der Waals surface area contributed by atoms with Crippen LogP contribution in [-0.4, -0.2) is 0 Å². The summed E-state index contributed by atoms with van der Waals surface area (Å²) >= 11 is 0. The van der Waals surface area contributed by atoms with Crippen molar-refractivity contribution in [3.8, 4) is 6.07 Å². The van der Waals surface area contributed by atoms with Crippen LogP contribution in [0.1, 0.15) is 11.1 Å². The maximum atomic E-state index is 8.39. The molecule has 1 aromatic rings. The van der Waals surface area contributed by atoms with Crippen LogP contribution in [0.4, 0.5) is 0 Å². The first-order valence-electron chi connectivity index (χ1n) is 2.71. The molecule has 0 amide bonds. The Hall–Kier alpha value is -1.29. The Morgan fingerprint density at radius 1 is 1.56 bits per heavy atom. The van der Waals surface area contributed by atoms with E-state index in [1.165, 1.54) is 0 Å². The number of benzene rings is 1. The molecular formula is C8H6N. The van der Waals surface area contributed by atoms with E-state index >= 15 is 0 Å². The van der Waals surface area contributed by atoms with Gasteiger partial charge in [0.25, 0.3) is 0 Å². The molecule has 0 aromatic heterocycles. The van der Waals surface area contributed by atoms with Crippen LogP contribution in [0.5, 0.6) is 0 Å². The van der Waals surface area contributed by atoms with Crippen molar-refractivity contribution in [2.75, 3.05) is 0 Å². The van der Waals surface area contributed by atoms with Crippen LogP contribution >= 0.6 is 0 Å². The van der Waals surface area contributed by atoms with E-state index < -0.39 is 0 Å². The Balaban J connectivity index is 3.12. The van der Waals surface area contributed by atoms with Gasteiger partial charge in [-0.3, -0.25) is 0 Å². The minimum atomic E-state index is 0.676. The fourth-order valence-corrected chi connectivity index (χ4v) is 0.656. The lowest BCUT2D eigenvalue weighted by Crippen LogP contribution is -1.74. The molecule has 1 nitrogen and oxygen atoms in total. The van der Waals surface area contributed by atoms with Gasteiger partial charge in [0.2, 0.25) is 0 Å². The molecule has 1 radical (unpaired) electrons. The van der Waals surface area contributed by atoms with Crippen LogP contribution < -0.4 is 0 Å². The fraction of sp³-hybridized carbons (Fsp3) is 0.125. The maximum absolute atomic E-state index is 8.39. The first kappa shape index (κ1) is 5.84. The minimum Gasteiger partial charge on any atom is -0.192 e. The smallest absolute Gasteiger partial charge is 0.0991 e. The number of aryl methyl sites for hydroxylation is 1. The Morgan fingerprint density at radius 3 is 2.78 bits per heavy atom. The highest BCUT2D eigenvalue weighted by Gasteiger charge is 1.86. The van der Waals surface area contributed by atoms with Crippen molar-refractivity contribution in [3.05, 3.63) is 35.4 Å². The molecule has 1 rings (SSSR count). The first-order chi connectivity index (χ1) is 4.33. The summed E-state index contributed by atoms with van der Waals surface area (Å²) in [6, 6.07) is 10.2. The van der Waals surface area contributed by atoms with Gasteiger partial charge in [0.1, 0.15) is 0 Å². The van der Waals surface area contributed by atoms with Crippen molar-refractivity contribution in [1.29, 1.82) is 5.26 Å². The van der Waals surface area contributed by atoms with E-state index in [0.29, 0.717) is 5.56 Å². The van der Waals surface area contributed by atoms with Gasteiger partial charge in [-0.05, 0) is 30.7 Å². The minimum absolute atomic E-state index is 0.676. The molecule has 1 heteroatoms. The topological polar surface area (TPSA) is 23.8 Å². The molecule has 0 N–H and O–H groups in total. The highest BCUT2D eigenvalue weighted by Crippen LogP contribution is 1.99. The van der Waals surface area contributed by atoms with Crippen molar-refractivity contribution in [2.45, 2.75) is 6.92 Å². The van der Waals surface area contributed by atoms with E-state index in [0.717, 1.165) is 5.56 Å². The molecule has 0 fully saturated rings. The summed E-state index contributed by atoms with van der Waals surface area (Å²) < 4.78 is 0. The molecule has 0 unspecified atom stereocenters. The third-order valence-corrected chi connectivity index (χ3v) is 1.06. The Morgan fingerprint density at radius 2 is 2.33 bits per heavy atom. The SMILES string of the molecule is Cc1c[c]cc(C#N)c1. The van der Waals surface area contributed by atoms with Crippen LogP contribution in [0.15, 0.2) is 18.2 Å². The summed E-state index contributed by atoms with van der Waals surface area (Å²) in [6.07, 6.45) is 0. The molecule has 0 aliphatic rings. The van der Waals surface area contributed by atoms with Crippen molar-refractivity contribution in [2.24, 2.45) is 0 Å². The summed E-state index contributed by atoms with van der Waals surface area (Å²) in [6.45, 7) is 1.94. The second-order valence-electron chi connectivity index (χ2n) is 1.91. The van der Waals surface area contributed by atoms with Gasteiger partial charge in [-0.15, -0.1) is 0 Å². The second-order valence-corrected chi connectivity index (χ2v) is 1.91. The molecule has 1 aromatic carbocycles. The standard InChI is InChI=1S/C8H6N/c1-7-3-2-4-8(5-7)6-9/h3-5H,1H3. The quantitative estimate of drug-likeness (QED) is 0.505. The van der Waals surface area contributed by atoms with Gasteiger partial charge in [-0.1, -0.05) is 6.07 Å². The predicted octanol–water partition coefficient (Wildman–Crippen LogP) is 1.67. The largest absolute Gasteiger partial charge is 0.192 e. The number of hydrogen-bond acceptors (Lipinski definition) is 1. The van der Waals surface area contributed by atoms with Gasteiger partial charge in [0.05, 0.1) is 11.6 Å². The fourth-order valence-electron chi connectivity index (χ4n) is 0.656. The van der Waals surface area contributed by atoms with Crippen LogP contribution in [-0.2, 0) is 0 Å². The summed E-state index contributed by atoms with van der Waals surface area (Å²) in [7, 11) is 0. The molecule has 43 valence electrons. The van der Waals surface area contributed by atoms with E-state index in [1.54, 1.807) is 6.07 Å². The normalized spacial score (nSPS) is 8.44. The van der Waals surface area contributed by atoms with Crippen LogP contribution in [0.3, 0.4) is 0 Å². The van der Waals surface area contributed by atoms with Crippen molar-refractivity contribution < 1.29 is 0 Å². The summed E-state index contributed by atoms with van der Waals surface area (Å²) in [5.74, 6) is 0. The number of nitriles is 1. The Bertz CT molecular complexity index is 245. The number of nitrogens with zero attached hydrogens (tertiary/aromatic N) is 1. The summed E-state index contributed by atoms with van der Waals surface area (Å²) in [4.78, 5) is 0. The molecular weight excluding hydrogens is 110 g/mol. The summed E-state index contributed by atoms with van der Waals surface area (Å²) in [5.41, 5.74) is 1.75. The molecule has 0 spiro atoms. The zero-order chi connectivity index (χ0) is 6.69. The van der Waals surface area contributed by atoms with E-state index in [2.05, 4.69) is 6.07 Å². The monoisotopic (exact) mass is 116 g/mol. The second kappa shape index (κ2) is 2.32. The lowest BCUT2D eigenvalue weighted by atomic mass is 10.2.